The van der Waals surface area contributed by atoms with Gasteiger partial charge in [0.1, 0.15) is 5.82 Å². The molecule has 4 rings (SSSR count). The Labute approximate surface area is 154 Å². The quantitative estimate of drug-likeness (QED) is 0.628. The van der Waals surface area contributed by atoms with Gasteiger partial charge in [-0.05, 0) is 81.8 Å². The molecule has 1 aliphatic carbocycles. The molecular formula is C20H28FN3O2. The Morgan fingerprint density at radius 2 is 2.04 bits per heavy atom. The highest BCUT2D eigenvalue weighted by Crippen LogP contribution is 2.48. The molecule has 1 spiro atoms. The van der Waals surface area contributed by atoms with Gasteiger partial charge in [0.05, 0.1) is 0 Å². The predicted molar refractivity (Wildman–Crippen MR) is 96.6 cm³/mol. The number of benzene rings is 1. The Morgan fingerprint density at radius 3 is 2.77 bits per heavy atom. The minimum absolute atomic E-state index is 0.184. The monoisotopic (exact) mass is 361 g/mol. The average molecular weight is 361 g/mol. The summed E-state index contributed by atoms with van der Waals surface area (Å²) in [6.07, 6.45) is 7.09. The third kappa shape index (κ3) is 3.26. The second-order valence-corrected chi connectivity index (χ2v) is 8.46. The van der Waals surface area contributed by atoms with Crippen LogP contribution in [0.15, 0.2) is 12.1 Å². The maximum absolute atomic E-state index is 14.6. The van der Waals surface area contributed by atoms with Gasteiger partial charge in [0.2, 0.25) is 0 Å². The Morgan fingerprint density at radius 1 is 1.27 bits per heavy atom. The van der Waals surface area contributed by atoms with Crippen LogP contribution in [0.4, 0.5) is 4.39 Å². The van der Waals surface area contributed by atoms with Crippen LogP contribution in [-0.4, -0.2) is 53.6 Å². The average Bonchev–Trinajstić information content (AvgIpc) is 3.07. The Balaban J connectivity index is 1.47. The standard InChI is InChI=1S/C20H28FN3O2/c1-23-8-5-20(6-9-23)4-2-16(12-20)24-7-3-14-10-15(19(25)22-26)11-18(21)17(14)13-24/h10-11,16,26H,2-9,12-13H2,1H3,(H,22,25). The summed E-state index contributed by atoms with van der Waals surface area (Å²) < 4.78 is 14.6. The minimum Gasteiger partial charge on any atom is -0.306 e. The van der Waals surface area contributed by atoms with Crippen molar-refractivity contribution < 1.29 is 14.4 Å². The number of hydrogen-bond donors (Lipinski definition) is 2. The lowest BCUT2D eigenvalue weighted by molar-refractivity contribution is 0.0705. The molecule has 2 heterocycles. The van der Waals surface area contributed by atoms with E-state index in [9.17, 15) is 9.18 Å². The molecule has 2 fully saturated rings. The SMILES string of the molecule is CN1CCC2(CCC(N3CCc4cc(C(=O)NO)cc(F)c4C3)C2)CC1. The maximum atomic E-state index is 14.6. The van der Waals surface area contributed by atoms with Crippen LogP contribution in [0.3, 0.4) is 0 Å². The van der Waals surface area contributed by atoms with Gasteiger partial charge < -0.3 is 4.90 Å². The second-order valence-electron chi connectivity index (χ2n) is 8.46. The van der Waals surface area contributed by atoms with E-state index < -0.39 is 5.91 Å². The summed E-state index contributed by atoms with van der Waals surface area (Å²) in [5.41, 5.74) is 3.88. The van der Waals surface area contributed by atoms with Crippen LogP contribution >= 0.6 is 0 Å². The van der Waals surface area contributed by atoms with Gasteiger partial charge in [0.25, 0.3) is 5.91 Å². The maximum Gasteiger partial charge on any atom is 0.274 e. The normalized spacial score (nSPS) is 26.0. The number of nitrogens with one attached hydrogen (secondary N) is 1. The first-order valence-electron chi connectivity index (χ1n) is 9.68. The van der Waals surface area contributed by atoms with E-state index in [0.29, 0.717) is 18.0 Å². The molecule has 0 radical (unpaired) electrons. The van der Waals surface area contributed by atoms with Gasteiger partial charge in [0.15, 0.2) is 0 Å². The molecule has 1 saturated carbocycles. The zero-order valence-corrected chi connectivity index (χ0v) is 15.4. The summed E-state index contributed by atoms with van der Waals surface area (Å²) >= 11 is 0. The predicted octanol–water partition coefficient (Wildman–Crippen LogP) is 2.57. The van der Waals surface area contributed by atoms with E-state index in [4.69, 9.17) is 5.21 Å². The number of carbonyl (C=O) groups is 1. The Hall–Kier alpha value is -1.50. The molecule has 142 valence electrons. The topological polar surface area (TPSA) is 55.8 Å². The van der Waals surface area contributed by atoms with Gasteiger partial charge in [-0.15, -0.1) is 0 Å². The third-order valence-corrected chi connectivity index (χ3v) is 6.92. The largest absolute Gasteiger partial charge is 0.306 e. The molecule has 1 unspecified atom stereocenters. The van der Waals surface area contributed by atoms with Crippen LogP contribution in [-0.2, 0) is 13.0 Å². The molecule has 6 heteroatoms. The molecule has 2 N–H and O–H groups in total. The van der Waals surface area contributed by atoms with E-state index >= 15 is 0 Å². The molecule has 1 atom stereocenters. The molecule has 26 heavy (non-hydrogen) atoms. The number of halogens is 1. The molecule has 1 saturated heterocycles. The van der Waals surface area contributed by atoms with Crippen LogP contribution in [0.1, 0.15) is 53.6 Å². The highest BCUT2D eigenvalue weighted by molar-refractivity contribution is 5.93. The lowest BCUT2D eigenvalue weighted by Gasteiger charge is -2.39. The van der Waals surface area contributed by atoms with E-state index in [2.05, 4.69) is 16.8 Å². The highest BCUT2D eigenvalue weighted by atomic mass is 19.1. The smallest absolute Gasteiger partial charge is 0.274 e. The van der Waals surface area contributed by atoms with Crippen molar-refractivity contribution in [2.24, 2.45) is 5.41 Å². The van der Waals surface area contributed by atoms with Crippen molar-refractivity contribution in [3.8, 4) is 0 Å². The highest BCUT2D eigenvalue weighted by Gasteiger charge is 2.43. The Kier molecular flexibility index (Phi) is 4.75. The summed E-state index contributed by atoms with van der Waals surface area (Å²) in [5.74, 6) is -0.994. The van der Waals surface area contributed by atoms with Gasteiger partial charge in [-0.1, -0.05) is 0 Å². The molecule has 0 bridgehead atoms. The fraction of sp³-hybridized carbons (Fsp3) is 0.650. The lowest BCUT2D eigenvalue weighted by atomic mass is 9.77. The van der Waals surface area contributed by atoms with Crippen molar-refractivity contribution in [3.63, 3.8) is 0 Å². The number of rotatable bonds is 2. The van der Waals surface area contributed by atoms with Crippen LogP contribution in [0.5, 0.6) is 0 Å². The Bertz CT molecular complexity index is 701. The summed E-state index contributed by atoms with van der Waals surface area (Å²) in [6, 6.07) is 3.50. The molecule has 1 aromatic rings. The zero-order chi connectivity index (χ0) is 18.3. The van der Waals surface area contributed by atoms with Crippen LogP contribution < -0.4 is 5.48 Å². The van der Waals surface area contributed by atoms with Crippen molar-refractivity contribution in [2.75, 3.05) is 26.7 Å². The van der Waals surface area contributed by atoms with E-state index in [1.54, 1.807) is 11.5 Å². The first kappa shape index (κ1) is 17.9. The van der Waals surface area contributed by atoms with Gasteiger partial charge in [-0.2, -0.15) is 0 Å². The van der Waals surface area contributed by atoms with Gasteiger partial charge in [0, 0.05) is 30.3 Å². The van der Waals surface area contributed by atoms with E-state index in [1.165, 1.54) is 51.3 Å². The van der Waals surface area contributed by atoms with Crippen molar-refractivity contribution in [1.29, 1.82) is 0 Å². The minimum atomic E-state index is -0.658. The van der Waals surface area contributed by atoms with Crippen molar-refractivity contribution in [3.05, 3.63) is 34.6 Å². The molecule has 1 amide bonds. The fourth-order valence-electron chi connectivity index (χ4n) is 5.18. The molecule has 0 aromatic heterocycles. The summed E-state index contributed by atoms with van der Waals surface area (Å²) in [4.78, 5) is 16.4. The van der Waals surface area contributed by atoms with Crippen LogP contribution in [0, 0.1) is 11.2 Å². The van der Waals surface area contributed by atoms with Crippen molar-refractivity contribution in [2.45, 2.75) is 51.1 Å². The van der Waals surface area contributed by atoms with E-state index in [-0.39, 0.29) is 11.4 Å². The van der Waals surface area contributed by atoms with Gasteiger partial charge >= 0.3 is 0 Å². The number of likely N-dealkylation sites (tertiary alicyclic amines) is 1. The number of hydrogen-bond acceptors (Lipinski definition) is 4. The number of carbonyl (C=O) groups excluding carboxylic acids is 1. The summed E-state index contributed by atoms with van der Waals surface area (Å²) in [7, 11) is 2.20. The molecular weight excluding hydrogens is 333 g/mol. The summed E-state index contributed by atoms with van der Waals surface area (Å²) in [5, 5.41) is 8.77. The summed E-state index contributed by atoms with van der Waals surface area (Å²) in [6.45, 7) is 3.93. The number of nitrogens with zero attached hydrogens (tertiary/aromatic N) is 2. The van der Waals surface area contributed by atoms with Gasteiger partial charge in [-0.25, -0.2) is 9.87 Å². The number of hydroxylamine groups is 1. The number of piperidine rings is 1. The lowest BCUT2D eigenvalue weighted by Crippen LogP contribution is -2.41. The van der Waals surface area contributed by atoms with Crippen molar-refractivity contribution in [1.82, 2.24) is 15.3 Å². The van der Waals surface area contributed by atoms with Crippen LogP contribution in [0.25, 0.3) is 0 Å². The second kappa shape index (κ2) is 6.91. The molecule has 3 aliphatic rings. The van der Waals surface area contributed by atoms with Crippen molar-refractivity contribution >= 4 is 5.91 Å². The third-order valence-electron chi connectivity index (χ3n) is 6.92. The molecule has 5 nitrogen and oxygen atoms in total. The first-order chi connectivity index (χ1) is 12.5. The van der Waals surface area contributed by atoms with E-state index in [1.807, 2.05) is 0 Å². The number of amides is 1. The molecule has 2 aliphatic heterocycles. The zero-order valence-electron chi connectivity index (χ0n) is 15.4. The van der Waals surface area contributed by atoms with Crippen LogP contribution in [0.2, 0.25) is 0 Å². The van der Waals surface area contributed by atoms with Gasteiger partial charge in [-0.3, -0.25) is 14.9 Å². The fourth-order valence-corrected chi connectivity index (χ4v) is 5.18. The first-order valence-corrected chi connectivity index (χ1v) is 9.68. The van der Waals surface area contributed by atoms with E-state index in [0.717, 1.165) is 24.1 Å². The number of fused-ring (bicyclic) bond motifs is 1. The molecule has 1 aromatic carbocycles.